The molecule has 428 valence electrons. The summed E-state index contributed by atoms with van der Waals surface area (Å²) in [5.41, 5.74) is 3.24. The van der Waals surface area contributed by atoms with E-state index in [1.165, 1.54) is 40.1 Å². The molecular weight excluding hydrogens is 1020 g/mol. The summed E-state index contributed by atoms with van der Waals surface area (Å²) in [7, 11) is 3.28. The van der Waals surface area contributed by atoms with Crippen LogP contribution in [0.1, 0.15) is 142 Å². The fraction of sp³-hybridized carbons (Fsp3) is 0.475. The summed E-state index contributed by atoms with van der Waals surface area (Å²) in [5, 5.41) is 23.6. The van der Waals surface area contributed by atoms with Gasteiger partial charge in [0, 0.05) is 47.9 Å². The molecule has 8 amide bonds. The molecule has 80 heavy (non-hydrogen) atoms. The lowest BCUT2D eigenvalue weighted by atomic mass is 9.84. The van der Waals surface area contributed by atoms with Crippen LogP contribution in [-0.2, 0) is 48.2 Å². The highest BCUT2D eigenvalue weighted by Crippen LogP contribution is 2.34. The Kier molecular flexibility index (Phi) is 19.0. The van der Waals surface area contributed by atoms with E-state index in [-0.39, 0.29) is 60.5 Å². The number of nitrogens with zero attached hydrogens (tertiary/aromatic N) is 2. The lowest BCUT2D eigenvalue weighted by molar-refractivity contribution is -0.147. The monoisotopic (exact) mass is 1100 g/mol. The van der Waals surface area contributed by atoms with Gasteiger partial charge in [-0.3, -0.25) is 38.4 Å². The molecule has 4 aromatic rings. The largest absolute Gasteiger partial charge is 0.348 e. The Morgan fingerprint density at radius 2 is 1.19 bits per heavy atom. The first-order valence-corrected chi connectivity index (χ1v) is 27.6. The molecule has 4 aromatic carbocycles. The minimum Gasteiger partial charge on any atom is -0.348 e. The fourth-order valence-electron chi connectivity index (χ4n) is 10.6. The maximum Gasteiger partial charge on any atom is 0.255 e. The van der Waals surface area contributed by atoms with Crippen molar-refractivity contribution in [3.63, 3.8) is 0 Å². The van der Waals surface area contributed by atoms with Gasteiger partial charge in [-0.15, -0.1) is 0 Å². The van der Waals surface area contributed by atoms with Gasteiger partial charge >= 0.3 is 0 Å². The standard InChI is InChI=1S/C61H79FN10O8/c1-34(44-19-14-15-21-46(44)62)65-56(77)48-30-40-27-28-42(29-41(40)32-71(48)58(79)50(60(4,5)6)69-52(73)35(2)63-10)66-54(75)38-23-25-39(26-24-38)55(76)67-43-31-49(57(78)68-47-22-16-18-37-17-12-13-20-45(37)47)72(33-43)59(80)51(61(7,8)9)70-53(74)36(3)64-11/h12-15,17,19-21,23-29,34-36,43,47-51,63-64H,16,18,22,30-33H2,1-11H3,(H,65,77)(H,66,75)(H,67,76)(H,68,78)(H,69,73)(H,70,74)/t34-,35+,36+,43+,47-,48+,49+,50?,51-/m1/s1. The molecule has 1 unspecified atom stereocenters. The van der Waals surface area contributed by atoms with Gasteiger partial charge in [0.05, 0.1) is 24.2 Å². The molecule has 7 rings (SSSR count). The Morgan fingerprint density at radius 1 is 0.613 bits per heavy atom. The molecule has 9 atom stereocenters. The van der Waals surface area contributed by atoms with Crippen LogP contribution in [0, 0.1) is 16.6 Å². The predicted octanol–water partition coefficient (Wildman–Crippen LogP) is 5.38. The number of rotatable bonds is 17. The molecule has 2 heterocycles. The molecule has 2 aliphatic heterocycles. The molecule has 0 bridgehead atoms. The van der Waals surface area contributed by atoms with Crippen LogP contribution in [0.15, 0.2) is 91.0 Å². The van der Waals surface area contributed by atoms with Crippen molar-refractivity contribution in [3.05, 3.63) is 136 Å². The molecule has 19 heteroatoms. The van der Waals surface area contributed by atoms with Crippen molar-refractivity contribution in [1.82, 2.24) is 47.0 Å². The molecular formula is C61H79FN10O8. The van der Waals surface area contributed by atoms with Crippen molar-refractivity contribution in [1.29, 1.82) is 0 Å². The summed E-state index contributed by atoms with van der Waals surface area (Å²) >= 11 is 0. The number of carbonyl (C=O) groups is 8. The van der Waals surface area contributed by atoms with E-state index >= 15 is 0 Å². The quantitative estimate of drug-likeness (QED) is 0.0672. The van der Waals surface area contributed by atoms with Gasteiger partial charge in [-0.05, 0) is 136 Å². The Bertz CT molecular complexity index is 2970. The van der Waals surface area contributed by atoms with Crippen LogP contribution in [0.2, 0.25) is 0 Å². The smallest absolute Gasteiger partial charge is 0.255 e. The topological polar surface area (TPSA) is 239 Å². The predicted molar refractivity (Wildman–Crippen MR) is 303 cm³/mol. The van der Waals surface area contributed by atoms with Crippen LogP contribution in [0.4, 0.5) is 10.1 Å². The second-order valence-electron chi connectivity index (χ2n) is 23.7. The van der Waals surface area contributed by atoms with Gasteiger partial charge in [-0.25, -0.2) is 4.39 Å². The number of carbonyl (C=O) groups excluding carboxylic acids is 8. The van der Waals surface area contributed by atoms with Gasteiger partial charge in [0.25, 0.3) is 11.8 Å². The molecule has 8 N–H and O–H groups in total. The third kappa shape index (κ3) is 14.1. The number of fused-ring (bicyclic) bond motifs is 2. The third-order valence-electron chi connectivity index (χ3n) is 15.7. The Balaban J connectivity index is 1.07. The summed E-state index contributed by atoms with van der Waals surface area (Å²) < 4.78 is 14.8. The number of benzene rings is 4. The van der Waals surface area contributed by atoms with E-state index < -0.39 is 100 Å². The van der Waals surface area contributed by atoms with Crippen molar-refractivity contribution >= 4 is 52.9 Å². The SMILES string of the molecule is CN[C@@H](C)C(=O)NC(C(=O)N1Cc2cc(NC(=O)c3ccc(C(=O)N[C@H]4C[C@@H](C(=O)N[C@@H]5CCCc6ccccc65)N(C(=O)[C@@H](NC(=O)[C@H](C)NC)C(C)(C)C)C4)cc3)ccc2C[C@H]1C(=O)N[C@H](C)c1ccccc1F)C(C)(C)C. The Morgan fingerprint density at radius 3 is 1.79 bits per heavy atom. The summed E-state index contributed by atoms with van der Waals surface area (Å²) in [5.74, 6) is -4.00. The molecule has 1 saturated heterocycles. The van der Waals surface area contributed by atoms with Gasteiger partial charge in [-0.2, -0.15) is 0 Å². The number of likely N-dealkylation sites (tertiary alicyclic amines) is 1. The lowest BCUT2D eigenvalue weighted by Crippen LogP contribution is -2.62. The van der Waals surface area contributed by atoms with Gasteiger partial charge in [0.2, 0.25) is 35.4 Å². The van der Waals surface area contributed by atoms with Crippen molar-refractivity contribution < 1.29 is 42.7 Å². The molecule has 18 nitrogen and oxygen atoms in total. The number of hydrogen-bond acceptors (Lipinski definition) is 10. The molecule has 1 fully saturated rings. The van der Waals surface area contributed by atoms with Crippen molar-refractivity contribution in [2.45, 2.75) is 155 Å². The van der Waals surface area contributed by atoms with Crippen LogP contribution in [0.25, 0.3) is 0 Å². The van der Waals surface area contributed by atoms with Crippen LogP contribution in [0.5, 0.6) is 0 Å². The number of amides is 8. The highest BCUT2D eigenvalue weighted by molar-refractivity contribution is 6.05. The molecule has 0 spiro atoms. The highest BCUT2D eigenvalue weighted by Gasteiger charge is 2.47. The van der Waals surface area contributed by atoms with Crippen LogP contribution in [-0.4, -0.2) is 120 Å². The maximum atomic E-state index is 14.8. The van der Waals surface area contributed by atoms with E-state index in [9.17, 15) is 42.7 Å². The second-order valence-corrected chi connectivity index (χ2v) is 23.7. The maximum absolute atomic E-state index is 14.8. The van der Waals surface area contributed by atoms with Crippen LogP contribution < -0.4 is 42.5 Å². The number of aryl methyl sites for hydroxylation is 1. The van der Waals surface area contributed by atoms with Crippen molar-refractivity contribution in [2.75, 3.05) is 26.0 Å². The molecule has 0 radical (unpaired) electrons. The zero-order valence-corrected chi connectivity index (χ0v) is 47.8. The van der Waals surface area contributed by atoms with E-state index in [4.69, 9.17) is 0 Å². The molecule has 1 aliphatic carbocycles. The summed E-state index contributed by atoms with van der Waals surface area (Å²) in [6.07, 6.45) is 2.73. The first-order chi connectivity index (χ1) is 37.8. The highest BCUT2D eigenvalue weighted by atomic mass is 19.1. The number of anilines is 1. The molecule has 0 aromatic heterocycles. The lowest BCUT2D eigenvalue weighted by Gasteiger charge is -2.41. The number of halogens is 1. The fourth-order valence-corrected chi connectivity index (χ4v) is 10.6. The van der Waals surface area contributed by atoms with E-state index in [0.29, 0.717) is 11.3 Å². The molecule has 0 saturated carbocycles. The summed E-state index contributed by atoms with van der Waals surface area (Å²) in [4.78, 5) is 115. The number of hydrogen-bond donors (Lipinski definition) is 8. The van der Waals surface area contributed by atoms with Crippen molar-refractivity contribution in [2.24, 2.45) is 10.8 Å². The van der Waals surface area contributed by atoms with Gasteiger partial charge < -0.3 is 52.3 Å². The third-order valence-corrected chi connectivity index (χ3v) is 15.7. The summed E-state index contributed by atoms with van der Waals surface area (Å²) in [6, 6.07) is 18.5. The zero-order chi connectivity index (χ0) is 58.4. The van der Waals surface area contributed by atoms with Crippen LogP contribution >= 0.6 is 0 Å². The van der Waals surface area contributed by atoms with Gasteiger partial charge in [0.1, 0.15) is 30.0 Å². The van der Waals surface area contributed by atoms with Gasteiger partial charge in [-0.1, -0.05) is 90.1 Å². The Hall–Kier alpha value is -7.51. The van der Waals surface area contributed by atoms with Crippen molar-refractivity contribution in [3.8, 4) is 0 Å². The number of nitrogens with one attached hydrogen (secondary N) is 8. The average molecular weight is 1100 g/mol. The van der Waals surface area contributed by atoms with E-state index in [2.05, 4.69) is 48.6 Å². The summed E-state index contributed by atoms with van der Waals surface area (Å²) in [6.45, 7) is 16.0. The van der Waals surface area contributed by atoms with E-state index in [1.54, 1.807) is 71.3 Å². The minimum atomic E-state index is -1.04. The van der Waals surface area contributed by atoms with Gasteiger partial charge in [0.15, 0.2) is 0 Å². The molecule has 3 aliphatic rings. The number of likely N-dealkylation sites (N-methyl/N-ethyl adjacent to an activating group) is 2. The normalized spacial score (nSPS) is 19.9. The first kappa shape index (κ1) is 60.1. The van der Waals surface area contributed by atoms with E-state index in [1.807, 2.05) is 59.7 Å². The van der Waals surface area contributed by atoms with Crippen LogP contribution in [0.3, 0.4) is 0 Å². The zero-order valence-electron chi connectivity index (χ0n) is 47.8. The minimum absolute atomic E-state index is 0.00730. The second kappa shape index (κ2) is 25.3. The Labute approximate surface area is 468 Å². The van der Waals surface area contributed by atoms with E-state index in [0.717, 1.165) is 36.0 Å². The average Bonchev–Trinajstić information content (AvgIpc) is 3.85. The first-order valence-electron chi connectivity index (χ1n) is 27.6.